The minimum atomic E-state index is -0.408. The van der Waals surface area contributed by atoms with E-state index in [2.05, 4.69) is 17.1 Å². The molecule has 0 atom stereocenters. The Kier molecular flexibility index (Phi) is 8.73. The molecule has 2 aliphatic rings. The number of rotatable bonds is 7. The highest BCUT2D eigenvalue weighted by molar-refractivity contribution is 14.0. The highest BCUT2D eigenvalue weighted by Gasteiger charge is 2.42. The van der Waals surface area contributed by atoms with E-state index in [-0.39, 0.29) is 29.8 Å². The number of aliphatic imine (C=N–C) groups is 1. The predicted octanol–water partition coefficient (Wildman–Crippen LogP) is 3.49. The van der Waals surface area contributed by atoms with Gasteiger partial charge in [0.25, 0.3) is 0 Å². The molecule has 0 amide bonds. The van der Waals surface area contributed by atoms with E-state index in [0.29, 0.717) is 24.2 Å². The van der Waals surface area contributed by atoms with Gasteiger partial charge in [-0.2, -0.15) is 0 Å². The second-order valence-electron chi connectivity index (χ2n) is 7.48. The van der Waals surface area contributed by atoms with E-state index >= 15 is 0 Å². The van der Waals surface area contributed by atoms with E-state index in [1.807, 2.05) is 4.90 Å². The molecule has 1 heterocycles. The number of hydrogen-bond acceptors (Lipinski definition) is 3. The molecule has 1 aromatic rings. The summed E-state index contributed by atoms with van der Waals surface area (Å²) < 4.78 is 32.7. The summed E-state index contributed by atoms with van der Waals surface area (Å²) in [6.07, 6.45) is 3.48. The Labute approximate surface area is 183 Å². The highest BCUT2D eigenvalue weighted by Crippen LogP contribution is 2.49. The summed E-state index contributed by atoms with van der Waals surface area (Å²) in [7, 11) is 1.74. The monoisotopic (exact) mass is 508 g/mol. The van der Waals surface area contributed by atoms with Gasteiger partial charge >= 0.3 is 0 Å². The largest absolute Gasteiger partial charge is 0.385 e. The van der Waals surface area contributed by atoms with Gasteiger partial charge in [-0.1, -0.05) is 0 Å². The molecule has 1 aromatic carbocycles. The molecule has 0 aromatic heterocycles. The van der Waals surface area contributed by atoms with Gasteiger partial charge in [0, 0.05) is 59.1 Å². The molecule has 1 saturated carbocycles. The van der Waals surface area contributed by atoms with Gasteiger partial charge in [-0.3, -0.25) is 4.99 Å². The Bertz CT molecular complexity index is 662. The molecule has 8 heteroatoms. The van der Waals surface area contributed by atoms with Crippen molar-refractivity contribution in [2.24, 2.45) is 10.4 Å². The average molecular weight is 508 g/mol. The van der Waals surface area contributed by atoms with Gasteiger partial charge in [-0.05, 0) is 43.7 Å². The normalized spacial score (nSPS) is 18.6. The van der Waals surface area contributed by atoms with Crippen molar-refractivity contribution >= 4 is 35.6 Å². The number of piperazine rings is 1. The van der Waals surface area contributed by atoms with Crippen LogP contribution in [0, 0.1) is 17.0 Å². The van der Waals surface area contributed by atoms with Crippen LogP contribution >= 0.6 is 24.0 Å². The minimum absolute atomic E-state index is 0. The van der Waals surface area contributed by atoms with Gasteiger partial charge in [-0.15, -0.1) is 24.0 Å². The number of nitrogens with zero attached hydrogens (tertiary/aromatic N) is 3. The number of guanidine groups is 1. The van der Waals surface area contributed by atoms with Gasteiger partial charge in [0.2, 0.25) is 0 Å². The third-order valence-electron chi connectivity index (χ3n) is 5.52. The van der Waals surface area contributed by atoms with E-state index in [9.17, 15) is 8.78 Å². The molecule has 0 unspecified atom stereocenters. The van der Waals surface area contributed by atoms with Crippen LogP contribution in [0.1, 0.15) is 26.2 Å². The number of hydrogen-bond donors (Lipinski definition) is 1. The molecule has 0 spiro atoms. The van der Waals surface area contributed by atoms with E-state index in [1.54, 1.807) is 7.11 Å². The lowest BCUT2D eigenvalue weighted by molar-refractivity contribution is 0.174. The topological polar surface area (TPSA) is 40.1 Å². The first kappa shape index (κ1) is 23.1. The molecule has 5 nitrogen and oxygen atoms in total. The number of halogens is 3. The van der Waals surface area contributed by atoms with Gasteiger partial charge < -0.3 is 19.9 Å². The molecule has 1 N–H and O–H groups in total. The summed E-state index contributed by atoms with van der Waals surface area (Å²) in [6, 6.07) is 3.62. The van der Waals surface area contributed by atoms with Gasteiger partial charge in [0.05, 0.1) is 5.69 Å². The first-order valence-electron chi connectivity index (χ1n) is 9.79. The maximum atomic E-state index is 14.0. The van der Waals surface area contributed by atoms with Crippen molar-refractivity contribution in [2.45, 2.75) is 26.2 Å². The lowest BCUT2D eigenvalue weighted by atomic mass is 10.0. The maximum absolute atomic E-state index is 14.0. The summed E-state index contributed by atoms with van der Waals surface area (Å²) in [5.41, 5.74) is 0.650. The molecule has 0 bridgehead atoms. The van der Waals surface area contributed by atoms with E-state index in [0.717, 1.165) is 51.2 Å². The molecule has 28 heavy (non-hydrogen) atoms. The average Bonchev–Trinajstić information content (AvgIpc) is 3.46. The van der Waals surface area contributed by atoms with Crippen LogP contribution in [0.4, 0.5) is 14.5 Å². The Balaban J connectivity index is 0.00000280. The summed E-state index contributed by atoms with van der Waals surface area (Å²) in [4.78, 5) is 8.99. The zero-order chi connectivity index (χ0) is 19.3. The van der Waals surface area contributed by atoms with E-state index < -0.39 is 5.82 Å². The second kappa shape index (κ2) is 10.6. The smallest absolute Gasteiger partial charge is 0.194 e. The van der Waals surface area contributed by atoms with Crippen LogP contribution in [-0.2, 0) is 4.74 Å². The van der Waals surface area contributed by atoms with Crippen LogP contribution in [0.25, 0.3) is 0 Å². The molecule has 2 fully saturated rings. The van der Waals surface area contributed by atoms with Crippen molar-refractivity contribution in [1.29, 1.82) is 0 Å². The summed E-state index contributed by atoms with van der Waals surface area (Å²) in [5, 5.41) is 3.38. The van der Waals surface area contributed by atoms with E-state index in [4.69, 9.17) is 9.73 Å². The Morgan fingerprint density at radius 1 is 1.21 bits per heavy atom. The number of methoxy groups -OCH3 is 1. The third kappa shape index (κ3) is 5.92. The first-order chi connectivity index (χ1) is 13.1. The molecule has 3 rings (SSSR count). The summed E-state index contributed by atoms with van der Waals surface area (Å²) in [6.45, 7) is 7.20. The Morgan fingerprint density at radius 3 is 2.54 bits per heavy atom. The van der Waals surface area contributed by atoms with Crippen LogP contribution in [0.3, 0.4) is 0 Å². The molecular weight excluding hydrogens is 477 g/mol. The third-order valence-corrected chi connectivity index (χ3v) is 5.52. The van der Waals surface area contributed by atoms with Gasteiger partial charge in [0.1, 0.15) is 11.6 Å². The Hall–Kier alpha value is -1.16. The fourth-order valence-electron chi connectivity index (χ4n) is 3.54. The van der Waals surface area contributed by atoms with Crippen molar-refractivity contribution in [3.63, 3.8) is 0 Å². The molecule has 0 radical (unpaired) electrons. The number of nitrogens with one attached hydrogen (secondary N) is 1. The maximum Gasteiger partial charge on any atom is 0.194 e. The van der Waals surface area contributed by atoms with Crippen LogP contribution in [0.15, 0.2) is 23.2 Å². The number of anilines is 1. The van der Waals surface area contributed by atoms with Crippen molar-refractivity contribution in [3.8, 4) is 0 Å². The molecule has 1 aliphatic carbocycles. The van der Waals surface area contributed by atoms with Crippen LogP contribution in [0.5, 0.6) is 0 Å². The lowest BCUT2D eigenvalue weighted by Gasteiger charge is -2.38. The van der Waals surface area contributed by atoms with Gasteiger partial charge in [-0.25, -0.2) is 8.78 Å². The molecule has 158 valence electrons. The first-order valence-corrected chi connectivity index (χ1v) is 9.79. The standard InChI is InChI=1S/C20H30F2N4O.HI/c1-3-23-19(24-15-20(6-7-20)8-13-27-2)26-11-9-25(10-12-26)18-14-16(21)4-5-17(18)22;/h4-5,14H,3,6-13,15H2,1-2H3,(H,23,24);1H. The molecule has 1 aliphatic heterocycles. The zero-order valence-corrected chi connectivity index (χ0v) is 19.0. The van der Waals surface area contributed by atoms with Gasteiger partial charge in [0.15, 0.2) is 5.96 Å². The molecular formula is C20H31F2IN4O. The van der Waals surface area contributed by atoms with Crippen molar-refractivity contribution < 1.29 is 13.5 Å². The van der Waals surface area contributed by atoms with Crippen molar-refractivity contribution in [3.05, 3.63) is 29.8 Å². The summed E-state index contributed by atoms with van der Waals surface area (Å²) in [5.74, 6) is 0.134. The fourth-order valence-corrected chi connectivity index (χ4v) is 3.54. The highest BCUT2D eigenvalue weighted by atomic mass is 127. The van der Waals surface area contributed by atoms with Crippen LogP contribution < -0.4 is 10.2 Å². The van der Waals surface area contributed by atoms with Crippen molar-refractivity contribution in [1.82, 2.24) is 10.2 Å². The SMILES string of the molecule is CCNC(=NCC1(CCOC)CC1)N1CCN(c2cc(F)ccc2F)CC1.I. The van der Waals surface area contributed by atoms with Crippen molar-refractivity contribution in [2.75, 3.05) is 57.9 Å². The summed E-state index contributed by atoms with van der Waals surface area (Å²) >= 11 is 0. The lowest BCUT2D eigenvalue weighted by Crippen LogP contribution is -2.53. The Morgan fingerprint density at radius 2 is 1.93 bits per heavy atom. The van der Waals surface area contributed by atoms with E-state index in [1.165, 1.54) is 25.0 Å². The second-order valence-corrected chi connectivity index (χ2v) is 7.48. The number of ether oxygens (including phenoxy) is 1. The van der Waals surface area contributed by atoms with Crippen LogP contribution in [0.2, 0.25) is 0 Å². The fraction of sp³-hybridized carbons (Fsp3) is 0.650. The zero-order valence-electron chi connectivity index (χ0n) is 16.7. The minimum Gasteiger partial charge on any atom is -0.385 e. The van der Waals surface area contributed by atoms with Crippen LogP contribution in [-0.4, -0.2) is 63.8 Å². The quantitative estimate of drug-likeness (QED) is 0.348. The predicted molar refractivity (Wildman–Crippen MR) is 120 cm³/mol. The molecule has 1 saturated heterocycles. The number of benzene rings is 1.